The van der Waals surface area contributed by atoms with Crippen LogP contribution in [0.2, 0.25) is 0 Å². The summed E-state index contributed by atoms with van der Waals surface area (Å²) in [5, 5.41) is 9.51. The molecule has 0 bridgehead atoms. The number of nitrogens with one attached hydrogen (secondary N) is 1. The Kier molecular flexibility index (Phi) is 4.41. The average Bonchev–Trinajstić information content (AvgIpc) is 2.61. The second-order valence-electron chi connectivity index (χ2n) is 3.03. The lowest BCUT2D eigenvalue weighted by Gasteiger charge is -2.11. The highest BCUT2D eigenvalue weighted by molar-refractivity contribution is 7.99. The monoisotopic (exact) mass is 230 g/mol. The Balaban J connectivity index is 2.46. The van der Waals surface area contributed by atoms with E-state index in [9.17, 15) is 4.79 Å². The van der Waals surface area contributed by atoms with Crippen LogP contribution in [0.4, 0.5) is 5.82 Å². The Morgan fingerprint density at radius 1 is 1.67 bits per heavy atom. The van der Waals surface area contributed by atoms with Crippen LogP contribution in [0.5, 0.6) is 0 Å². The number of nitrogens with two attached hydrogens (primary N) is 1. The van der Waals surface area contributed by atoms with E-state index in [-0.39, 0.29) is 23.5 Å². The second-order valence-corrected chi connectivity index (χ2v) is 4.35. The van der Waals surface area contributed by atoms with E-state index >= 15 is 0 Å². The Hall–Kier alpha value is -1.24. The highest BCUT2D eigenvalue weighted by Crippen LogP contribution is 2.06. The standard InChI is InChI=1S/C8H14N4O2S/c1-3-15-4-5(2)10-8(13)6-7(9)12-14-11-6/h5H,3-4H2,1-2H3,(H2,9,12)(H,10,13). The van der Waals surface area contributed by atoms with Crippen LogP contribution in [0, 0.1) is 0 Å². The molecule has 0 saturated carbocycles. The van der Waals surface area contributed by atoms with Crippen molar-refractivity contribution in [2.24, 2.45) is 0 Å². The topological polar surface area (TPSA) is 94.0 Å². The molecule has 1 amide bonds. The van der Waals surface area contributed by atoms with Crippen molar-refractivity contribution in [3.05, 3.63) is 5.69 Å². The summed E-state index contributed by atoms with van der Waals surface area (Å²) in [5.74, 6) is 1.54. The molecule has 1 aromatic heterocycles. The summed E-state index contributed by atoms with van der Waals surface area (Å²) in [6, 6.07) is 0.0681. The molecule has 3 N–H and O–H groups in total. The molecule has 15 heavy (non-hydrogen) atoms. The fraction of sp³-hybridized carbons (Fsp3) is 0.625. The molecule has 0 aliphatic carbocycles. The molecule has 1 heterocycles. The first-order chi connectivity index (χ1) is 7.15. The van der Waals surface area contributed by atoms with E-state index in [1.807, 2.05) is 6.92 Å². The van der Waals surface area contributed by atoms with Gasteiger partial charge in [-0.15, -0.1) is 0 Å². The molecule has 0 spiro atoms. The molecule has 0 radical (unpaired) electrons. The minimum absolute atomic E-state index is 0.0165. The molecule has 1 rings (SSSR count). The van der Waals surface area contributed by atoms with Crippen molar-refractivity contribution in [2.75, 3.05) is 17.2 Å². The smallest absolute Gasteiger partial charge is 0.277 e. The molecular weight excluding hydrogens is 216 g/mol. The van der Waals surface area contributed by atoms with Crippen molar-refractivity contribution in [3.8, 4) is 0 Å². The van der Waals surface area contributed by atoms with E-state index in [0.717, 1.165) is 11.5 Å². The second kappa shape index (κ2) is 5.59. The average molecular weight is 230 g/mol. The Bertz CT molecular complexity index is 328. The number of anilines is 1. The quantitative estimate of drug-likeness (QED) is 0.766. The van der Waals surface area contributed by atoms with Crippen molar-refractivity contribution >= 4 is 23.5 Å². The number of thioether (sulfide) groups is 1. The summed E-state index contributed by atoms with van der Waals surface area (Å²) < 4.78 is 4.34. The van der Waals surface area contributed by atoms with Crippen LogP contribution >= 0.6 is 11.8 Å². The van der Waals surface area contributed by atoms with Gasteiger partial charge in [-0.3, -0.25) is 4.79 Å². The van der Waals surface area contributed by atoms with E-state index in [1.165, 1.54) is 0 Å². The molecule has 0 aromatic carbocycles. The third-order valence-electron chi connectivity index (χ3n) is 1.68. The van der Waals surface area contributed by atoms with Gasteiger partial charge in [0, 0.05) is 11.8 Å². The molecule has 6 nitrogen and oxygen atoms in total. The van der Waals surface area contributed by atoms with Gasteiger partial charge in [-0.05, 0) is 23.0 Å². The number of rotatable bonds is 5. The van der Waals surface area contributed by atoms with Gasteiger partial charge in [-0.2, -0.15) is 11.8 Å². The maximum absolute atomic E-state index is 11.5. The number of hydrogen-bond acceptors (Lipinski definition) is 6. The molecule has 84 valence electrons. The third kappa shape index (κ3) is 3.43. The number of aromatic nitrogens is 2. The van der Waals surface area contributed by atoms with Crippen LogP contribution in [0.15, 0.2) is 4.63 Å². The maximum atomic E-state index is 11.5. The minimum Gasteiger partial charge on any atom is -0.379 e. The van der Waals surface area contributed by atoms with Crippen molar-refractivity contribution in [1.29, 1.82) is 0 Å². The Morgan fingerprint density at radius 2 is 2.40 bits per heavy atom. The Morgan fingerprint density at radius 3 is 2.93 bits per heavy atom. The number of carbonyl (C=O) groups excluding carboxylic acids is 1. The van der Waals surface area contributed by atoms with E-state index in [1.54, 1.807) is 11.8 Å². The fourth-order valence-electron chi connectivity index (χ4n) is 0.981. The van der Waals surface area contributed by atoms with Crippen LogP contribution in [0.3, 0.4) is 0 Å². The number of nitrogen functional groups attached to an aromatic ring is 1. The number of carbonyl (C=O) groups is 1. The van der Waals surface area contributed by atoms with Crippen molar-refractivity contribution in [3.63, 3.8) is 0 Å². The Labute approximate surface area is 91.9 Å². The maximum Gasteiger partial charge on any atom is 0.277 e. The molecule has 0 fully saturated rings. The van der Waals surface area contributed by atoms with Crippen molar-refractivity contribution < 1.29 is 9.42 Å². The molecule has 1 unspecified atom stereocenters. The number of hydrogen-bond donors (Lipinski definition) is 2. The van der Waals surface area contributed by atoms with E-state index in [0.29, 0.717) is 0 Å². The van der Waals surface area contributed by atoms with Crippen LogP contribution < -0.4 is 11.1 Å². The number of amides is 1. The summed E-state index contributed by atoms with van der Waals surface area (Å²) in [6.45, 7) is 3.99. The van der Waals surface area contributed by atoms with Gasteiger partial charge in [0.25, 0.3) is 5.91 Å². The zero-order valence-corrected chi connectivity index (χ0v) is 9.50. The molecule has 1 atom stereocenters. The van der Waals surface area contributed by atoms with Gasteiger partial charge >= 0.3 is 0 Å². The summed E-state index contributed by atoms with van der Waals surface area (Å²) >= 11 is 1.75. The first kappa shape index (κ1) is 11.8. The van der Waals surface area contributed by atoms with Gasteiger partial charge in [0.05, 0.1) is 0 Å². The predicted octanol–water partition coefficient (Wildman–Crippen LogP) is 0.523. The van der Waals surface area contributed by atoms with Gasteiger partial charge < -0.3 is 11.1 Å². The lowest BCUT2D eigenvalue weighted by atomic mass is 10.3. The van der Waals surface area contributed by atoms with Crippen LogP contribution in [0.25, 0.3) is 0 Å². The summed E-state index contributed by atoms with van der Waals surface area (Å²) in [4.78, 5) is 11.5. The van der Waals surface area contributed by atoms with E-state index in [2.05, 4.69) is 27.2 Å². The van der Waals surface area contributed by atoms with Gasteiger partial charge in [-0.25, -0.2) is 4.63 Å². The molecule has 0 aliphatic heterocycles. The predicted molar refractivity (Wildman–Crippen MR) is 58.6 cm³/mol. The van der Waals surface area contributed by atoms with E-state index < -0.39 is 0 Å². The lowest BCUT2D eigenvalue weighted by molar-refractivity contribution is 0.0934. The van der Waals surface area contributed by atoms with Gasteiger partial charge in [0.15, 0.2) is 0 Å². The van der Waals surface area contributed by atoms with Gasteiger partial charge in [0.1, 0.15) is 0 Å². The van der Waals surface area contributed by atoms with Crippen molar-refractivity contribution in [2.45, 2.75) is 19.9 Å². The first-order valence-electron chi connectivity index (χ1n) is 4.61. The zero-order chi connectivity index (χ0) is 11.3. The molecular formula is C8H14N4O2S. The number of nitrogens with zero attached hydrogens (tertiary/aromatic N) is 2. The SMILES string of the molecule is CCSCC(C)NC(=O)c1nonc1N. The highest BCUT2D eigenvalue weighted by Gasteiger charge is 2.17. The summed E-state index contributed by atoms with van der Waals surface area (Å²) in [7, 11) is 0. The van der Waals surface area contributed by atoms with Crippen molar-refractivity contribution in [1.82, 2.24) is 15.6 Å². The van der Waals surface area contributed by atoms with Crippen LogP contribution in [-0.2, 0) is 0 Å². The van der Waals surface area contributed by atoms with Gasteiger partial charge in [0.2, 0.25) is 11.5 Å². The van der Waals surface area contributed by atoms with Gasteiger partial charge in [-0.1, -0.05) is 6.92 Å². The summed E-state index contributed by atoms with van der Waals surface area (Å²) in [5.41, 5.74) is 5.43. The molecule has 0 aliphatic rings. The molecule has 0 saturated heterocycles. The van der Waals surface area contributed by atoms with Crippen LogP contribution in [-0.4, -0.2) is 33.8 Å². The normalized spacial score (nSPS) is 12.4. The lowest BCUT2D eigenvalue weighted by Crippen LogP contribution is -2.34. The summed E-state index contributed by atoms with van der Waals surface area (Å²) in [6.07, 6.45) is 0. The third-order valence-corrected chi connectivity index (χ3v) is 2.82. The highest BCUT2D eigenvalue weighted by atomic mass is 32.2. The zero-order valence-electron chi connectivity index (χ0n) is 8.69. The fourth-order valence-corrected chi connectivity index (χ4v) is 1.65. The van der Waals surface area contributed by atoms with E-state index in [4.69, 9.17) is 5.73 Å². The minimum atomic E-state index is -0.349. The largest absolute Gasteiger partial charge is 0.379 e. The molecule has 7 heteroatoms. The molecule has 1 aromatic rings. The first-order valence-corrected chi connectivity index (χ1v) is 5.77. The van der Waals surface area contributed by atoms with Crippen LogP contribution in [0.1, 0.15) is 24.3 Å².